The first-order valence-corrected chi connectivity index (χ1v) is 3.37. The van der Waals surface area contributed by atoms with Crippen LogP contribution >= 0.6 is 12.2 Å². The van der Waals surface area contributed by atoms with E-state index in [9.17, 15) is 4.79 Å². The molecule has 0 spiro atoms. The summed E-state index contributed by atoms with van der Waals surface area (Å²) in [7, 11) is 3.52. The third kappa shape index (κ3) is 7.01. The van der Waals surface area contributed by atoms with E-state index < -0.39 is 5.97 Å². The van der Waals surface area contributed by atoms with Gasteiger partial charge in [-0.2, -0.15) is 0 Å². The fourth-order valence-corrected chi connectivity index (χ4v) is 0.653. The Morgan fingerprint density at radius 1 is 1.64 bits per heavy atom. The lowest BCUT2D eigenvalue weighted by Crippen LogP contribution is -2.44. The molecule has 0 aromatic heterocycles. The Bertz CT molecular complexity index is 160. The van der Waals surface area contributed by atoms with Crippen LogP contribution in [0.1, 0.15) is 0 Å². The minimum absolute atomic E-state index is 0.167. The highest BCUT2D eigenvalue weighted by Crippen LogP contribution is 1.68. The van der Waals surface area contributed by atoms with E-state index in [1.807, 2.05) is 0 Å². The van der Waals surface area contributed by atoms with Gasteiger partial charge in [-0.05, 0) is 12.2 Å². The Morgan fingerprint density at radius 3 is 2.55 bits per heavy atom. The molecule has 5 nitrogen and oxygen atoms in total. The summed E-state index contributed by atoms with van der Waals surface area (Å²) in [6.07, 6.45) is 0. The van der Waals surface area contributed by atoms with Crippen molar-refractivity contribution in [2.45, 2.75) is 0 Å². The van der Waals surface area contributed by atoms with Crippen LogP contribution in [0.4, 0.5) is 0 Å². The van der Waals surface area contributed by atoms with Crippen LogP contribution in [0.2, 0.25) is 0 Å². The number of rotatable bonds is 3. The number of thiocarbonyl (C=S) groups is 1. The predicted molar refractivity (Wildman–Crippen MR) is 45.1 cm³/mol. The highest BCUT2D eigenvalue weighted by Gasteiger charge is 1.98. The number of hydrazine groups is 1. The van der Waals surface area contributed by atoms with Crippen molar-refractivity contribution in [2.75, 3.05) is 20.6 Å². The molecule has 11 heavy (non-hydrogen) atoms. The second kappa shape index (κ2) is 4.86. The zero-order chi connectivity index (χ0) is 8.85. The van der Waals surface area contributed by atoms with Gasteiger partial charge in [-0.15, -0.1) is 0 Å². The third-order valence-corrected chi connectivity index (χ3v) is 0.961. The van der Waals surface area contributed by atoms with Gasteiger partial charge in [0.2, 0.25) is 0 Å². The maximum Gasteiger partial charge on any atom is 0.322 e. The quantitative estimate of drug-likeness (QED) is 0.380. The lowest BCUT2D eigenvalue weighted by atomic mass is 10.7. The minimum atomic E-state index is -0.937. The van der Waals surface area contributed by atoms with E-state index in [1.165, 1.54) is 0 Å². The average Bonchev–Trinajstić information content (AvgIpc) is 1.82. The van der Waals surface area contributed by atoms with Crippen LogP contribution in [0.5, 0.6) is 0 Å². The molecule has 0 aliphatic heterocycles. The number of aliphatic carboxylic acids is 1. The van der Waals surface area contributed by atoms with Crippen molar-refractivity contribution in [3.05, 3.63) is 0 Å². The first kappa shape index (κ1) is 10.1. The fraction of sp³-hybridized carbons (Fsp3) is 0.600. The third-order valence-electron chi connectivity index (χ3n) is 0.725. The molecule has 0 atom stereocenters. The molecule has 0 rings (SSSR count). The molecule has 0 radical (unpaired) electrons. The van der Waals surface area contributed by atoms with E-state index in [1.54, 1.807) is 19.1 Å². The summed E-state index contributed by atoms with van der Waals surface area (Å²) in [6.45, 7) is -0.167. The number of carbonyl (C=O) groups is 1. The smallest absolute Gasteiger partial charge is 0.322 e. The number of nitrogens with one attached hydrogen (secondary N) is 2. The molecule has 6 heteroatoms. The summed E-state index contributed by atoms with van der Waals surface area (Å²) in [5.74, 6) is -0.937. The monoisotopic (exact) mass is 177 g/mol. The van der Waals surface area contributed by atoms with E-state index in [0.29, 0.717) is 5.11 Å². The lowest BCUT2D eigenvalue weighted by molar-refractivity contribution is -0.135. The van der Waals surface area contributed by atoms with E-state index in [4.69, 9.17) is 17.3 Å². The highest BCUT2D eigenvalue weighted by atomic mass is 32.1. The molecule has 0 aromatic carbocycles. The number of carboxylic acid groups (broad SMARTS) is 1. The van der Waals surface area contributed by atoms with Gasteiger partial charge >= 0.3 is 5.97 Å². The fourth-order valence-electron chi connectivity index (χ4n) is 0.399. The van der Waals surface area contributed by atoms with Crippen LogP contribution in [0.3, 0.4) is 0 Å². The van der Waals surface area contributed by atoms with Crippen molar-refractivity contribution in [3.63, 3.8) is 0 Å². The summed E-state index contributed by atoms with van der Waals surface area (Å²) in [5, 5.41) is 12.7. The van der Waals surface area contributed by atoms with Crippen molar-refractivity contribution in [2.24, 2.45) is 0 Å². The molecular weight excluding hydrogens is 166 g/mol. The molecule has 0 bridgehead atoms. The van der Waals surface area contributed by atoms with Crippen LogP contribution in [0.25, 0.3) is 0 Å². The summed E-state index contributed by atoms with van der Waals surface area (Å²) >= 11 is 4.72. The molecule has 0 aromatic rings. The molecule has 0 aliphatic rings. The topological polar surface area (TPSA) is 64.6 Å². The van der Waals surface area contributed by atoms with Crippen LogP contribution in [-0.2, 0) is 4.79 Å². The number of carboxylic acids is 1. The first-order valence-electron chi connectivity index (χ1n) is 2.96. The zero-order valence-electron chi connectivity index (χ0n) is 6.42. The van der Waals surface area contributed by atoms with Gasteiger partial charge in [0.1, 0.15) is 6.54 Å². The van der Waals surface area contributed by atoms with Gasteiger partial charge in [0.05, 0.1) is 0 Å². The van der Waals surface area contributed by atoms with Gasteiger partial charge in [0, 0.05) is 14.1 Å². The summed E-state index contributed by atoms with van der Waals surface area (Å²) in [4.78, 5) is 10.0. The van der Waals surface area contributed by atoms with Gasteiger partial charge in [-0.25, -0.2) is 5.01 Å². The normalized spacial score (nSPS) is 9.36. The second-order valence-electron chi connectivity index (χ2n) is 2.08. The van der Waals surface area contributed by atoms with Crippen molar-refractivity contribution >= 4 is 23.3 Å². The van der Waals surface area contributed by atoms with Crippen molar-refractivity contribution < 1.29 is 9.90 Å². The van der Waals surface area contributed by atoms with Gasteiger partial charge < -0.3 is 10.4 Å². The van der Waals surface area contributed by atoms with Gasteiger partial charge in [0.15, 0.2) is 5.11 Å². The van der Waals surface area contributed by atoms with E-state index in [0.717, 1.165) is 0 Å². The maximum atomic E-state index is 10.0. The Labute approximate surface area is 70.3 Å². The first-order chi connectivity index (χ1) is 5.02. The molecule has 3 N–H and O–H groups in total. The summed E-state index contributed by atoms with van der Waals surface area (Å²) in [5.41, 5.74) is 2.69. The van der Waals surface area contributed by atoms with Crippen LogP contribution in [0, 0.1) is 0 Å². The van der Waals surface area contributed by atoms with E-state index in [-0.39, 0.29) is 6.54 Å². The highest BCUT2D eigenvalue weighted by molar-refractivity contribution is 7.80. The molecule has 64 valence electrons. The average molecular weight is 177 g/mol. The van der Waals surface area contributed by atoms with Crippen molar-refractivity contribution in [3.8, 4) is 0 Å². The molecule has 0 saturated heterocycles. The molecule has 0 unspecified atom stereocenters. The van der Waals surface area contributed by atoms with Gasteiger partial charge in [-0.1, -0.05) is 0 Å². The lowest BCUT2D eigenvalue weighted by Gasteiger charge is -2.14. The van der Waals surface area contributed by atoms with Crippen LogP contribution in [-0.4, -0.2) is 41.8 Å². The summed E-state index contributed by atoms with van der Waals surface area (Å²) in [6, 6.07) is 0. The second-order valence-corrected chi connectivity index (χ2v) is 2.49. The predicted octanol–water partition coefficient (Wildman–Crippen LogP) is -0.988. The Balaban J connectivity index is 3.45. The zero-order valence-corrected chi connectivity index (χ0v) is 7.23. The van der Waals surface area contributed by atoms with Crippen LogP contribution < -0.4 is 10.7 Å². The van der Waals surface area contributed by atoms with E-state index in [2.05, 4.69) is 10.7 Å². The largest absolute Gasteiger partial charge is 0.480 e. The molecule has 0 heterocycles. The van der Waals surface area contributed by atoms with Crippen molar-refractivity contribution in [1.29, 1.82) is 0 Å². The molecule has 0 amide bonds. The molecule has 0 aliphatic carbocycles. The van der Waals surface area contributed by atoms with Crippen molar-refractivity contribution in [1.82, 2.24) is 15.8 Å². The SMILES string of the molecule is CN(C)NC(=S)NCC(=O)O. The maximum absolute atomic E-state index is 10.0. The summed E-state index contributed by atoms with van der Waals surface area (Å²) < 4.78 is 0. The Morgan fingerprint density at radius 2 is 2.18 bits per heavy atom. The number of nitrogens with zero attached hydrogens (tertiary/aromatic N) is 1. The van der Waals surface area contributed by atoms with Crippen LogP contribution in [0.15, 0.2) is 0 Å². The number of hydrogen-bond donors (Lipinski definition) is 3. The molecule has 0 fully saturated rings. The van der Waals surface area contributed by atoms with Gasteiger partial charge in [0.25, 0.3) is 0 Å². The molecular formula is C5H11N3O2S. The Hall–Kier alpha value is -0.880. The van der Waals surface area contributed by atoms with Gasteiger partial charge in [-0.3, -0.25) is 10.2 Å². The molecule has 0 saturated carbocycles. The standard InChI is InChI=1S/C5H11N3O2S/c1-8(2)7-5(11)6-3-4(9)10/h3H2,1-2H3,(H,9,10)(H2,6,7,11). The minimum Gasteiger partial charge on any atom is -0.480 e. The number of hydrogen-bond acceptors (Lipinski definition) is 3. The van der Waals surface area contributed by atoms with E-state index >= 15 is 0 Å². The Kier molecular flexibility index (Phi) is 4.47.